The second-order valence-electron chi connectivity index (χ2n) is 7.78. The van der Waals surface area contributed by atoms with Crippen LogP contribution in [0.1, 0.15) is 16.1 Å². The van der Waals surface area contributed by atoms with Crippen LogP contribution in [0.25, 0.3) is 33.3 Å². The van der Waals surface area contributed by atoms with Gasteiger partial charge in [0.05, 0.1) is 23.9 Å². The van der Waals surface area contributed by atoms with E-state index in [1.165, 1.54) is 7.11 Å². The summed E-state index contributed by atoms with van der Waals surface area (Å²) >= 11 is 0. The number of esters is 1. The molecule has 0 saturated heterocycles. The van der Waals surface area contributed by atoms with Crippen molar-refractivity contribution in [3.05, 3.63) is 96.6 Å². The van der Waals surface area contributed by atoms with E-state index < -0.39 is 5.97 Å². The molecule has 5 aromatic rings. The third-order valence-electron chi connectivity index (χ3n) is 5.51. The summed E-state index contributed by atoms with van der Waals surface area (Å²) in [6.07, 6.45) is 5.55. The quantitative estimate of drug-likeness (QED) is 0.336. The van der Waals surface area contributed by atoms with Crippen LogP contribution >= 0.6 is 0 Å². The second kappa shape index (κ2) is 9.15. The van der Waals surface area contributed by atoms with Crippen LogP contribution in [0.15, 0.2) is 85.3 Å². The predicted octanol–water partition coefficient (Wildman–Crippen LogP) is 5.06. The summed E-state index contributed by atoms with van der Waals surface area (Å²) in [6, 6.07) is 20.9. The van der Waals surface area contributed by atoms with E-state index in [4.69, 9.17) is 9.47 Å². The van der Waals surface area contributed by atoms with E-state index in [0.29, 0.717) is 17.0 Å². The van der Waals surface area contributed by atoms with E-state index in [-0.39, 0.29) is 6.61 Å². The number of hydrogen-bond acceptors (Lipinski definition) is 6. The van der Waals surface area contributed by atoms with Gasteiger partial charge in [-0.15, -0.1) is 0 Å². The Balaban J connectivity index is 1.37. The van der Waals surface area contributed by atoms with Gasteiger partial charge in [-0.1, -0.05) is 18.2 Å². The molecule has 0 fully saturated rings. The van der Waals surface area contributed by atoms with E-state index in [1.54, 1.807) is 23.1 Å². The molecule has 34 heavy (non-hydrogen) atoms. The van der Waals surface area contributed by atoms with Crippen LogP contribution < -0.4 is 4.74 Å². The fraction of sp³-hybridized carbons (Fsp3) is 0.111. The maximum Gasteiger partial charge on any atom is 0.338 e. The number of nitrogens with zero attached hydrogens (tertiary/aromatic N) is 4. The zero-order valence-electron chi connectivity index (χ0n) is 18.8. The molecule has 168 valence electrons. The Morgan fingerprint density at radius 3 is 2.50 bits per heavy atom. The van der Waals surface area contributed by atoms with Gasteiger partial charge in [0, 0.05) is 42.2 Å². The molecule has 0 spiro atoms. The number of ether oxygens (including phenoxy) is 2. The summed E-state index contributed by atoms with van der Waals surface area (Å²) in [5, 5.41) is 5.40. The highest BCUT2D eigenvalue weighted by Crippen LogP contribution is 2.31. The van der Waals surface area contributed by atoms with Crippen LogP contribution in [0, 0.1) is 0 Å². The molecule has 0 unspecified atom stereocenters. The van der Waals surface area contributed by atoms with E-state index in [0.717, 1.165) is 33.3 Å². The largest absolute Gasteiger partial charge is 0.487 e. The molecule has 0 amide bonds. The van der Waals surface area contributed by atoms with Crippen molar-refractivity contribution >= 4 is 16.9 Å². The SMILES string of the molecule is COC(=O)c1cc(COc2ccc(-c3nn(C)cc3-c3ccncc3)cc2)nc2ccccc12. The van der Waals surface area contributed by atoms with Gasteiger partial charge < -0.3 is 9.47 Å². The normalized spacial score (nSPS) is 10.9. The minimum atomic E-state index is -0.399. The highest BCUT2D eigenvalue weighted by Gasteiger charge is 2.14. The van der Waals surface area contributed by atoms with Crippen LogP contribution in [-0.2, 0) is 18.4 Å². The molecule has 3 heterocycles. The molecule has 0 aliphatic heterocycles. The summed E-state index contributed by atoms with van der Waals surface area (Å²) in [5.74, 6) is 0.296. The van der Waals surface area contributed by atoms with Gasteiger partial charge in [-0.3, -0.25) is 9.67 Å². The number of fused-ring (bicyclic) bond motifs is 1. The van der Waals surface area contributed by atoms with Crippen molar-refractivity contribution in [2.75, 3.05) is 7.11 Å². The van der Waals surface area contributed by atoms with E-state index in [2.05, 4.69) is 15.1 Å². The van der Waals surface area contributed by atoms with Crippen molar-refractivity contribution in [3.8, 4) is 28.1 Å². The first kappa shape index (κ1) is 21.3. The fourth-order valence-corrected chi connectivity index (χ4v) is 3.89. The molecule has 7 heteroatoms. The summed E-state index contributed by atoms with van der Waals surface area (Å²) in [4.78, 5) is 21.0. The van der Waals surface area contributed by atoms with Crippen molar-refractivity contribution in [3.63, 3.8) is 0 Å². The van der Waals surface area contributed by atoms with E-state index in [1.807, 2.05) is 73.9 Å². The molecule has 0 atom stereocenters. The lowest BCUT2D eigenvalue weighted by atomic mass is 10.0. The first-order valence-electron chi connectivity index (χ1n) is 10.8. The summed E-state index contributed by atoms with van der Waals surface area (Å²) in [5.41, 5.74) is 5.80. The Bertz CT molecular complexity index is 1460. The first-order valence-corrected chi connectivity index (χ1v) is 10.8. The van der Waals surface area contributed by atoms with Gasteiger partial charge in [0.2, 0.25) is 0 Å². The monoisotopic (exact) mass is 450 g/mol. The third kappa shape index (κ3) is 4.23. The average Bonchev–Trinajstić information content (AvgIpc) is 3.29. The van der Waals surface area contributed by atoms with Crippen molar-refractivity contribution in [2.24, 2.45) is 7.05 Å². The Labute approximate surface area is 196 Å². The Morgan fingerprint density at radius 2 is 1.74 bits per heavy atom. The highest BCUT2D eigenvalue weighted by molar-refractivity contribution is 6.03. The molecule has 0 N–H and O–H groups in total. The molecule has 0 aliphatic carbocycles. The number of rotatable bonds is 6. The molecule has 3 aromatic heterocycles. The van der Waals surface area contributed by atoms with Crippen molar-refractivity contribution in [1.29, 1.82) is 0 Å². The Morgan fingerprint density at radius 1 is 0.971 bits per heavy atom. The Hall–Kier alpha value is -4.52. The van der Waals surface area contributed by atoms with Crippen molar-refractivity contribution in [1.82, 2.24) is 19.7 Å². The number of carbonyl (C=O) groups is 1. The average molecular weight is 450 g/mol. The van der Waals surface area contributed by atoms with Gasteiger partial charge >= 0.3 is 5.97 Å². The molecule has 0 aliphatic rings. The van der Waals surface area contributed by atoms with Crippen LogP contribution in [0.4, 0.5) is 0 Å². The molecule has 7 nitrogen and oxygen atoms in total. The molecule has 0 saturated carbocycles. The van der Waals surface area contributed by atoms with Crippen LogP contribution in [0.5, 0.6) is 5.75 Å². The van der Waals surface area contributed by atoms with Gasteiger partial charge in [-0.25, -0.2) is 9.78 Å². The van der Waals surface area contributed by atoms with Gasteiger partial charge in [-0.05, 0) is 54.1 Å². The number of para-hydroxylation sites is 1. The fourth-order valence-electron chi connectivity index (χ4n) is 3.89. The topological polar surface area (TPSA) is 79.1 Å². The number of pyridine rings is 2. The minimum Gasteiger partial charge on any atom is -0.487 e. The zero-order valence-corrected chi connectivity index (χ0v) is 18.8. The lowest BCUT2D eigenvalue weighted by molar-refractivity contribution is 0.0602. The number of benzene rings is 2. The zero-order chi connectivity index (χ0) is 23.5. The first-order chi connectivity index (χ1) is 16.6. The molecule has 5 rings (SSSR count). The summed E-state index contributed by atoms with van der Waals surface area (Å²) < 4.78 is 12.7. The molecular weight excluding hydrogens is 428 g/mol. The number of hydrogen-bond donors (Lipinski definition) is 0. The van der Waals surface area contributed by atoms with Gasteiger partial charge in [0.15, 0.2) is 0 Å². The van der Waals surface area contributed by atoms with Crippen molar-refractivity contribution < 1.29 is 14.3 Å². The summed E-state index contributed by atoms with van der Waals surface area (Å²) in [7, 11) is 3.28. The smallest absolute Gasteiger partial charge is 0.338 e. The standard InChI is InChI=1S/C27H22N4O3/c1-31-16-24(18-11-13-28-14-12-18)26(30-31)19-7-9-21(10-8-19)34-17-20-15-23(27(32)33-2)22-5-3-4-6-25(22)29-20/h3-16H,17H2,1-2H3. The van der Waals surface area contributed by atoms with Gasteiger partial charge in [0.1, 0.15) is 18.1 Å². The molecule has 0 radical (unpaired) electrons. The lowest BCUT2D eigenvalue weighted by Crippen LogP contribution is -2.06. The number of carbonyl (C=O) groups excluding carboxylic acids is 1. The summed E-state index contributed by atoms with van der Waals surface area (Å²) in [6.45, 7) is 0.222. The molecule has 0 bridgehead atoms. The third-order valence-corrected chi connectivity index (χ3v) is 5.51. The van der Waals surface area contributed by atoms with Crippen LogP contribution in [0.3, 0.4) is 0 Å². The molecule has 2 aromatic carbocycles. The van der Waals surface area contributed by atoms with Crippen LogP contribution in [0.2, 0.25) is 0 Å². The number of aromatic nitrogens is 4. The van der Waals surface area contributed by atoms with E-state index in [9.17, 15) is 4.79 Å². The number of methoxy groups -OCH3 is 1. The second-order valence-corrected chi connectivity index (χ2v) is 7.78. The molecular formula is C27H22N4O3. The lowest BCUT2D eigenvalue weighted by Gasteiger charge is -2.10. The minimum absolute atomic E-state index is 0.222. The maximum absolute atomic E-state index is 12.3. The van der Waals surface area contributed by atoms with Crippen molar-refractivity contribution in [2.45, 2.75) is 6.61 Å². The maximum atomic E-state index is 12.3. The predicted molar refractivity (Wildman–Crippen MR) is 129 cm³/mol. The Kier molecular flexibility index (Phi) is 5.74. The highest BCUT2D eigenvalue weighted by atomic mass is 16.5. The van der Waals surface area contributed by atoms with Gasteiger partial charge in [0.25, 0.3) is 0 Å². The number of aryl methyl sites for hydroxylation is 1. The van der Waals surface area contributed by atoms with Crippen LogP contribution in [-0.4, -0.2) is 32.8 Å². The van der Waals surface area contributed by atoms with E-state index >= 15 is 0 Å². The van der Waals surface area contributed by atoms with Gasteiger partial charge in [-0.2, -0.15) is 5.10 Å².